The number of imidazole rings is 2. The highest BCUT2D eigenvalue weighted by Gasteiger charge is 2.62. The number of anilines is 2. The summed E-state index contributed by atoms with van der Waals surface area (Å²) in [5.41, 5.74) is 10.0. The molecule has 7 rings (SSSR count). The van der Waals surface area contributed by atoms with Crippen LogP contribution in [0.2, 0.25) is 0 Å². The van der Waals surface area contributed by atoms with Crippen LogP contribution in [0.4, 0.5) is 16.2 Å². The summed E-state index contributed by atoms with van der Waals surface area (Å²) in [5.74, 6) is -0.0923. The highest BCUT2D eigenvalue weighted by molar-refractivity contribution is 8.07. The Labute approximate surface area is 269 Å². The Hall–Kier alpha value is -3.14. The molecule has 0 aromatic carbocycles. The second-order valence-electron chi connectivity index (χ2n) is 10.9. The molecule has 20 nitrogen and oxygen atoms in total. The van der Waals surface area contributed by atoms with Crippen LogP contribution in [0.25, 0.3) is 22.3 Å². The summed E-state index contributed by atoms with van der Waals surface area (Å²) in [6.45, 7) is -3.63. The van der Waals surface area contributed by atoms with Gasteiger partial charge in [0, 0.05) is 11.7 Å². The maximum Gasteiger partial charge on any atom is 0.697 e. The van der Waals surface area contributed by atoms with Gasteiger partial charge in [0.15, 0.2) is 47.4 Å². The molecular formula is C23H28FN10O10P2S+. The summed E-state index contributed by atoms with van der Waals surface area (Å²) in [4.78, 5) is 46.6. The van der Waals surface area contributed by atoms with Crippen LogP contribution in [-0.2, 0) is 48.7 Å². The Balaban J connectivity index is 1.24. The SMILES string of the molecule is CC[C@@]12COP(O)(=S)O[C@@H]3[C@H](F)[C@@H](CO[P+](=O)O[C@H]1[C@@H](OC)[C@H](n1cnc4c(N)ncnc41)O2)O[C@H]3n1cnc2c(=O)[nH]c(N)nc21. The second kappa shape index (κ2) is 12.1. The predicted octanol–water partition coefficient (Wildman–Crippen LogP) is 0.743. The molecule has 7 heterocycles. The first-order valence-electron chi connectivity index (χ1n) is 14.0. The van der Waals surface area contributed by atoms with Crippen LogP contribution in [-0.4, -0.2) is 100 Å². The van der Waals surface area contributed by atoms with Gasteiger partial charge in [-0.1, -0.05) is 6.92 Å². The van der Waals surface area contributed by atoms with Crippen molar-refractivity contribution in [3.63, 3.8) is 0 Å². The molecule has 0 spiro atoms. The minimum atomic E-state index is -4.31. The smallest absolute Gasteiger partial charge is 0.382 e. The van der Waals surface area contributed by atoms with E-state index < -0.39 is 82.4 Å². The number of aromatic amines is 1. The summed E-state index contributed by atoms with van der Waals surface area (Å²) >= 11 is 5.34. The van der Waals surface area contributed by atoms with Gasteiger partial charge >= 0.3 is 15.0 Å². The van der Waals surface area contributed by atoms with Gasteiger partial charge < -0.3 is 35.1 Å². The molecule has 6 N–H and O–H groups in total. The highest BCUT2D eigenvalue weighted by Crippen LogP contribution is 2.54. The van der Waals surface area contributed by atoms with Gasteiger partial charge in [-0.2, -0.15) is 4.98 Å². The van der Waals surface area contributed by atoms with Crippen molar-refractivity contribution in [3.05, 3.63) is 29.3 Å². The molecule has 0 radical (unpaired) electrons. The minimum absolute atomic E-state index is 0.0517. The van der Waals surface area contributed by atoms with E-state index in [1.54, 1.807) is 11.5 Å². The molecule has 3 aliphatic heterocycles. The molecule has 4 aromatic heterocycles. The fraction of sp³-hybridized carbons (Fsp3) is 0.565. The lowest BCUT2D eigenvalue weighted by Crippen LogP contribution is -2.47. The van der Waals surface area contributed by atoms with Gasteiger partial charge in [0.25, 0.3) is 5.56 Å². The molecule has 2 bridgehead atoms. The molecule has 0 saturated carbocycles. The summed E-state index contributed by atoms with van der Waals surface area (Å²) in [6.07, 6.45) is -5.53. The average molecular weight is 718 g/mol. The van der Waals surface area contributed by atoms with Gasteiger partial charge in [0.1, 0.15) is 42.4 Å². The molecule has 3 fully saturated rings. The van der Waals surface area contributed by atoms with Crippen LogP contribution in [0.15, 0.2) is 23.8 Å². The third-order valence-electron chi connectivity index (χ3n) is 8.25. The molecule has 0 amide bonds. The number of hydrogen-bond donors (Lipinski definition) is 4. The maximum absolute atomic E-state index is 16.0. The monoisotopic (exact) mass is 717 g/mol. The molecular weight excluding hydrogens is 689 g/mol. The van der Waals surface area contributed by atoms with Gasteiger partial charge in [-0.25, -0.2) is 24.3 Å². The lowest BCUT2D eigenvalue weighted by molar-refractivity contribution is -0.125. The van der Waals surface area contributed by atoms with Crippen molar-refractivity contribution in [1.29, 1.82) is 0 Å². The molecule has 3 aliphatic rings. The Bertz CT molecular complexity index is 1970. The molecule has 4 aromatic rings. The third-order valence-corrected chi connectivity index (χ3v) is 10.5. The van der Waals surface area contributed by atoms with Crippen molar-refractivity contribution in [1.82, 2.24) is 39.0 Å². The quantitative estimate of drug-likeness (QED) is 0.212. The van der Waals surface area contributed by atoms with E-state index in [4.69, 9.17) is 55.6 Å². The lowest BCUT2D eigenvalue weighted by Gasteiger charge is -2.32. The Kier molecular flexibility index (Phi) is 8.33. The van der Waals surface area contributed by atoms with E-state index in [0.717, 1.165) is 0 Å². The summed E-state index contributed by atoms with van der Waals surface area (Å²) in [6, 6.07) is 0. The van der Waals surface area contributed by atoms with Crippen molar-refractivity contribution < 1.29 is 46.2 Å². The first kappa shape index (κ1) is 32.4. The number of fused-ring (bicyclic) bond motifs is 5. The molecule has 24 heteroatoms. The number of ether oxygens (including phenoxy) is 3. The van der Waals surface area contributed by atoms with E-state index in [0.29, 0.717) is 11.2 Å². The Morgan fingerprint density at radius 3 is 2.70 bits per heavy atom. The van der Waals surface area contributed by atoms with Crippen molar-refractivity contribution in [3.8, 4) is 0 Å². The van der Waals surface area contributed by atoms with Gasteiger partial charge in [0.2, 0.25) is 5.95 Å². The standard InChI is InChI=1S/C23H27FN10O10P2S/c1-3-23-5-40-46(37,47)44-13-10(24)9(41-20(13)34-8-30-12-18(34)31-22(26)32-19(12)35)4-39-45(36)43-15(23)14(38-2)21(42-23)33-7-29-11-16(25)27-6-28-17(11)33/h6-10,13-15,20-21H,3-5H2,1-2H3,(H5-,25,26,27,28,31,32,35,37,47)/p+1/t9-,10-,13-,14-,15+,20-,21-,23-,46?/m1/s1. The molecule has 47 heavy (non-hydrogen) atoms. The minimum Gasteiger partial charge on any atom is -0.382 e. The van der Waals surface area contributed by atoms with Crippen LogP contribution in [0.3, 0.4) is 0 Å². The third kappa shape index (κ3) is 5.52. The summed E-state index contributed by atoms with van der Waals surface area (Å²) < 4.78 is 73.1. The zero-order chi connectivity index (χ0) is 33.2. The Morgan fingerprint density at radius 1 is 1.21 bits per heavy atom. The first-order chi connectivity index (χ1) is 22.4. The van der Waals surface area contributed by atoms with Gasteiger partial charge in [0.05, 0.1) is 19.3 Å². The average Bonchev–Trinajstić information content (AvgIpc) is 3.79. The van der Waals surface area contributed by atoms with Gasteiger partial charge in [-0.15, -0.1) is 9.05 Å². The fourth-order valence-electron chi connectivity index (χ4n) is 5.92. The van der Waals surface area contributed by atoms with Crippen molar-refractivity contribution >= 4 is 60.9 Å². The van der Waals surface area contributed by atoms with E-state index in [1.807, 2.05) is 0 Å². The maximum atomic E-state index is 16.0. The molecule has 0 aliphatic carbocycles. The molecule has 252 valence electrons. The van der Waals surface area contributed by atoms with E-state index in [-0.39, 0.29) is 29.4 Å². The normalized spacial score (nSPS) is 35.8. The fourth-order valence-corrected chi connectivity index (χ4v) is 8.17. The van der Waals surface area contributed by atoms with Crippen molar-refractivity contribution in [2.75, 3.05) is 31.8 Å². The summed E-state index contributed by atoms with van der Waals surface area (Å²) in [7, 11) is -1.57. The molecule has 3 saturated heterocycles. The first-order valence-corrected chi connectivity index (χ1v) is 17.7. The van der Waals surface area contributed by atoms with Gasteiger partial charge in [-0.05, 0) is 18.2 Å². The zero-order valence-corrected chi connectivity index (χ0v) is 27.1. The summed E-state index contributed by atoms with van der Waals surface area (Å²) in [5, 5.41) is 0. The molecule has 10 atom stereocenters. The number of nitrogens with two attached hydrogens (primary N) is 2. The highest BCUT2D eigenvalue weighted by atomic mass is 32.5. The topological polar surface area (TPSA) is 261 Å². The van der Waals surface area contributed by atoms with Crippen LogP contribution in [0.1, 0.15) is 25.8 Å². The van der Waals surface area contributed by atoms with Crippen LogP contribution in [0, 0.1) is 0 Å². The number of alkyl halides is 1. The number of methoxy groups -OCH3 is 1. The predicted molar refractivity (Wildman–Crippen MR) is 161 cm³/mol. The molecule has 2 unspecified atom stereocenters. The van der Waals surface area contributed by atoms with Crippen molar-refractivity contribution in [2.24, 2.45) is 0 Å². The number of H-pyrrole nitrogens is 1. The van der Waals surface area contributed by atoms with E-state index >= 15 is 4.39 Å². The number of hydrogen-bond acceptors (Lipinski definition) is 17. The second-order valence-corrected chi connectivity index (χ2v) is 14.6. The number of nitrogens with one attached hydrogen (secondary N) is 1. The van der Waals surface area contributed by atoms with Gasteiger partial charge in [-0.3, -0.25) is 23.4 Å². The largest absolute Gasteiger partial charge is 0.697 e. The number of halogens is 1. The number of nitrogen functional groups attached to an aromatic ring is 2. The number of rotatable bonds is 4. The number of aromatic nitrogens is 8. The van der Waals surface area contributed by atoms with E-state index in [2.05, 4.69) is 29.9 Å². The van der Waals surface area contributed by atoms with Crippen LogP contribution >= 0.6 is 15.0 Å². The Morgan fingerprint density at radius 2 is 1.96 bits per heavy atom. The van der Waals surface area contributed by atoms with E-state index in [1.165, 1.54) is 30.7 Å². The number of nitrogens with zero attached hydrogens (tertiary/aromatic N) is 7. The van der Waals surface area contributed by atoms with E-state index in [9.17, 15) is 14.3 Å². The lowest BCUT2D eigenvalue weighted by atomic mass is 9.93. The van der Waals surface area contributed by atoms with Crippen LogP contribution < -0.4 is 17.0 Å². The zero-order valence-electron chi connectivity index (χ0n) is 24.5. The van der Waals surface area contributed by atoms with Crippen molar-refractivity contribution in [2.45, 2.75) is 62.0 Å². The van der Waals surface area contributed by atoms with Crippen LogP contribution in [0.5, 0.6) is 0 Å².